The van der Waals surface area contributed by atoms with Gasteiger partial charge in [0.25, 0.3) is 0 Å². The largest absolute Gasteiger partial charge is 0.330 e. The van der Waals surface area contributed by atoms with E-state index in [-0.39, 0.29) is 0 Å². The van der Waals surface area contributed by atoms with Gasteiger partial charge in [-0.25, -0.2) is 0 Å². The molecule has 0 bridgehead atoms. The predicted octanol–water partition coefficient (Wildman–Crippen LogP) is 3.47. The normalized spacial score (nSPS) is 33.5. The van der Waals surface area contributed by atoms with E-state index >= 15 is 0 Å². The van der Waals surface area contributed by atoms with Crippen molar-refractivity contribution in [1.29, 1.82) is 0 Å². The molecule has 0 spiro atoms. The Morgan fingerprint density at radius 2 is 2.06 bits per heavy atom. The first-order valence-corrected chi connectivity index (χ1v) is 7.03. The maximum Gasteiger partial charge on any atom is 0.0213 e. The lowest BCUT2D eigenvalue weighted by molar-refractivity contribution is 0.231. The summed E-state index contributed by atoms with van der Waals surface area (Å²) in [5.74, 6) is 1.61. The molecule has 0 saturated heterocycles. The summed E-state index contributed by atoms with van der Waals surface area (Å²) in [6.07, 6.45) is 5.51. The van der Waals surface area contributed by atoms with Crippen LogP contribution in [0.4, 0.5) is 0 Å². The molecule has 1 aromatic rings. The van der Waals surface area contributed by atoms with Gasteiger partial charge in [-0.05, 0) is 49.3 Å². The highest BCUT2D eigenvalue weighted by atomic mass is 79.9. The maximum absolute atomic E-state index is 5.90. The minimum absolute atomic E-state index is 0.424. The molecular weight excluding hydrogens is 262 g/mol. The van der Waals surface area contributed by atoms with Crippen molar-refractivity contribution in [2.45, 2.75) is 31.1 Å². The Bertz CT molecular complexity index is 399. The third-order valence-electron chi connectivity index (χ3n) is 4.65. The van der Waals surface area contributed by atoms with Gasteiger partial charge in [0.1, 0.15) is 0 Å². The molecule has 2 atom stereocenters. The van der Waals surface area contributed by atoms with Gasteiger partial charge in [0.05, 0.1) is 0 Å². The van der Waals surface area contributed by atoms with E-state index in [0.29, 0.717) is 5.41 Å². The van der Waals surface area contributed by atoms with Crippen molar-refractivity contribution in [3.8, 4) is 0 Å². The van der Waals surface area contributed by atoms with E-state index in [4.69, 9.17) is 5.73 Å². The van der Waals surface area contributed by atoms with E-state index < -0.39 is 0 Å². The highest BCUT2D eigenvalue weighted by molar-refractivity contribution is 9.10. The zero-order valence-electron chi connectivity index (χ0n) is 9.45. The van der Waals surface area contributed by atoms with Gasteiger partial charge in [-0.15, -0.1) is 0 Å². The van der Waals surface area contributed by atoms with E-state index in [1.54, 1.807) is 0 Å². The van der Waals surface area contributed by atoms with Crippen LogP contribution in [0.3, 0.4) is 0 Å². The van der Waals surface area contributed by atoms with Gasteiger partial charge in [-0.1, -0.05) is 40.5 Å². The predicted molar refractivity (Wildman–Crippen MR) is 70.3 cm³/mol. The van der Waals surface area contributed by atoms with Gasteiger partial charge in [0, 0.05) is 9.89 Å². The minimum Gasteiger partial charge on any atom is -0.330 e. The van der Waals surface area contributed by atoms with Gasteiger partial charge in [0.15, 0.2) is 0 Å². The van der Waals surface area contributed by atoms with Crippen LogP contribution in [0.2, 0.25) is 0 Å². The fourth-order valence-electron chi connectivity index (χ4n) is 3.45. The molecule has 1 unspecified atom stereocenters. The molecule has 2 saturated carbocycles. The molecule has 1 nitrogen and oxygen atoms in total. The van der Waals surface area contributed by atoms with Crippen LogP contribution in [-0.4, -0.2) is 6.54 Å². The summed E-state index contributed by atoms with van der Waals surface area (Å²) >= 11 is 3.71. The summed E-state index contributed by atoms with van der Waals surface area (Å²) < 4.78 is 1.28. The molecule has 0 amide bonds. The lowest BCUT2D eigenvalue weighted by atomic mass is 9.69. The van der Waals surface area contributed by atoms with Gasteiger partial charge in [-0.2, -0.15) is 0 Å². The van der Waals surface area contributed by atoms with Gasteiger partial charge < -0.3 is 5.73 Å². The lowest BCUT2D eigenvalue weighted by Gasteiger charge is -2.36. The number of nitrogens with two attached hydrogens (primary N) is 1. The minimum atomic E-state index is 0.424. The summed E-state index contributed by atoms with van der Waals surface area (Å²) in [5.41, 5.74) is 7.83. The van der Waals surface area contributed by atoms with Crippen molar-refractivity contribution < 1.29 is 0 Å². The van der Waals surface area contributed by atoms with E-state index in [2.05, 4.69) is 40.2 Å². The Labute approximate surface area is 106 Å². The summed E-state index contributed by atoms with van der Waals surface area (Å²) in [7, 11) is 0. The molecule has 2 N–H and O–H groups in total. The molecular formula is C14H18BrN. The average Bonchev–Trinajstić information content (AvgIpc) is 2.91. The quantitative estimate of drug-likeness (QED) is 0.901. The first-order chi connectivity index (χ1) is 7.79. The number of benzene rings is 1. The van der Waals surface area contributed by atoms with Crippen LogP contribution in [0.15, 0.2) is 28.7 Å². The molecule has 2 fully saturated rings. The second-order valence-corrected chi connectivity index (χ2v) is 6.14. The Balaban J connectivity index is 1.98. The van der Waals surface area contributed by atoms with Crippen molar-refractivity contribution in [1.82, 2.24) is 0 Å². The molecule has 3 rings (SSSR count). The number of hydrogen-bond donors (Lipinski definition) is 1. The van der Waals surface area contributed by atoms with Gasteiger partial charge in [-0.3, -0.25) is 0 Å². The third-order valence-corrected chi connectivity index (χ3v) is 5.34. The Morgan fingerprint density at radius 3 is 2.56 bits per heavy atom. The van der Waals surface area contributed by atoms with E-state index in [0.717, 1.165) is 18.4 Å². The zero-order chi connectivity index (χ0) is 11.2. The molecule has 1 aromatic carbocycles. The maximum atomic E-state index is 5.90. The standard InChI is InChI=1S/C14H18BrN/c15-13-7-2-1-6-12(13)14(8-11(14)9-16)10-4-3-5-10/h1-2,6-7,10-11H,3-5,8-9,16H2/t11-,14?/m0/s1. The third kappa shape index (κ3) is 1.39. The summed E-state index contributed by atoms with van der Waals surface area (Å²) in [4.78, 5) is 0. The highest BCUT2D eigenvalue weighted by Gasteiger charge is 2.60. The molecule has 2 aliphatic rings. The van der Waals surface area contributed by atoms with Crippen molar-refractivity contribution in [2.75, 3.05) is 6.54 Å². The Hall–Kier alpha value is -0.340. The molecule has 2 aliphatic carbocycles. The van der Waals surface area contributed by atoms with Crippen molar-refractivity contribution in [2.24, 2.45) is 17.6 Å². The zero-order valence-corrected chi connectivity index (χ0v) is 11.0. The summed E-state index contributed by atoms with van der Waals surface area (Å²) in [6.45, 7) is 0.845. The van der Waals surface area contributed by atoms with Gasteiger partial charge in [0.2, 0.25) is 0 Å². The Morgan fingerprint density at radius 1 is 1.31 bits per heavy atom. The fraction of sp³-hybridized carbons (Fsp3) is 0.571. The highest BCUT2D eigenvalue weighted by Crippen LogP contribution is 2.64. The summed E-state index contributed by atoms with van der Waals surface area (Å²) in [5, 5.41) is 0. The number of rotatable bonds is 3. The molecule has 86 valence electrons. The van der Waals surface area contributed by atoms with Crippen LogP contribution in [0.1, 0.15) is 31.2 Å². The number of halogens is 1. The molecule has 0 aliphatic heterocycles. The van der Waals surface area contributed by atoms with Crippen LogP contribution < -0.4 is 5.73 Å². The SMILES string of the molecule is NC[C@@H]1CC1(c1ccccc1Br)C1CCC1. The van der Waals surface area contributed by atoms with Crippen molar-refractivity contribution in [3.63, 3.8) is 0 Å². The van der Waals surface area contributed by atoms with Crippen LogP contribution >= 0.6 is 15.9 Å². The summed E-state index contributed by atoms with van der Waals surface area (Å²) in [6, 6.07) is 8.72. The van der Waals surface area contributed by atoms with E-state index in [9.17, 15) is 0 Å². The van der Waals surface area contributed by atoms with Crippen LogP contribution in [0, 0.1) is 11.8 Å². The van der Waals surface area contributed by atoms with Crippen LogP contribution in [0.5, 0.6) is 0 Å². The monoisotopic (exact) mass is 279 g/mol. The first kappa shape index (κ1) is 10.8. The van der Waals surface area contributed by atoms with Crippen LogP contribution in [-0.2, 0) is 5.41 Å². The van der Waals surface area contributed by atoms with Crippen molar-refractivity contribution in [3.05, 3.63) is 34.3 Å². The topological polar surface area (TPSA) is 26.0 Å². The smallest absolute Gasteiger partial charge is 0.0213 e. The fourth-order valence-corrected chi connectivity index (χ4v) is 4.11. The second-order valence-electron chi connectivity index (χ2n) is 5.28. The molecule has 2 heteroatoms. The van der Waals surface area contributed by atoms with Crippen LogP contribution in [0.25, 0.3) is 0 Å². The Kier molecular flexibility index (Phi) is 2.60. The first-order valence-electron chi connectivity index (χ1n) is 6.24. The van der Waals surface area contributed by atoms with Crippen molar-refractivity contribution >= 4 is 15.9 Å². The number of hydrogen-bond acceptors (Lipinski definition) is 1. The molecule has 0 radical (unpaired) electrons. The second kappa shape index (κ2) is 3.85. The van der Waals surface area contributed by atoms with E-state index in [1.807, 2.05) is 0 Å². The molecule has 0 aromatic heterocycles. The average molecular weight is 280 g/mol. The van der Waals surface area contributed by atoms with Gasteiger partial charge >= 0.3 is 0 Å². The molecule has 0 heterocycles. The van der Waals surface area contributed by atoms with E-state index in [1.165, 1.54) is 35.7 Å². The molecule has 16 heavy (non-hydrogen) atoms. The lowest BCUT2D eigenvalue weighted by Crippen LogP contribution is -2.30.